The first-order chi connectivity index (χ1) is 8.20. The minimum Gasteiger partial charge on any atom is -0.436 e. The average Bonchev–Trinajstić information content (AvgIpc) is 2.34. The Bertz CT molecular complexity index is 531. The van der Waals surface area contributed by atoms with Crippen molar-refractivity contribution in [2.45, 2.75) is 13.5 Å². The largest absolute Gasteiger partial charge is 0.436 e. The first kappa shape index (κ1) is 11.8. The van der Waals surface area contributed by atoms with Gasteiger partial charge in [-0.05, 0) is 30.7 Å². The van der Waals surface area contributed by atoms with Crippen molar-refractivity contribution in [3.8, 4) is 11.6 Å². The molecular formula is C12H12ClN3O. The van der Waals surface area contributed by atoms with Crippen molar-refractivity contribution in [2.24, 2.45) is 5.73 Å². The summed E-state index contributed by atoms with van der Waals surface area (Å²) in [6, 6.07) is 5.36. The quantitative estimate of drug-likeness (QED) is 0.909. The van der Waals surface area contributed by atoms with Crippen molar-refractivity contribution >= 4 is 11.6 Å². The molecule has 2 aromatic heterocycles. The van der Waals surface area contributed by atoms with Crippen molar-refractivity contribution in [3.63, 3.8) is 0 Å². The summed E-state index contributed by atoms with van der Waals surface area (Å²) in [5.41, 5.74) is 7.15. The summed E-state index contributed by atoms with van der Waals surface area (Å²) in [6.07, 6.45) is 3.35. The van der Waals surface area contributed by atoms with Crippen LogP contribution in [0.2, 0.25) is 5.02 Å². The second-order valence-corrected chi connectivity index (χ2v) is 3.93. The number of pyridine rings is 2. The van der Waals surface area contributed by atoms with E-state index in [1.54, 1.807) is 24.5 Å². The van der Waals surface area contributed by atoms with Crippen molar-refractivity contribution in [3.05, 3.63) is 46.9 Å². The predicted molar refractivity (Wildman–Crippen MR) is 66.2 cm³/mol. The Morgan fingerprint density at radius 2 is 2.24 bits per heavy atom. The fourth-order valence-electron chi connectivity index (χ4n) is 1.33. The minimum absolute atomic E-state index is 0.361. The van der Waals surface area contributed by atoms with E-state index in [2.05, 4.69) is 9.97 Å². The number of hydrogen-bond acceptors (Lipinski definition) is 4. The first-order valence-electron chi connectivity index (χ1n) is 5.14. The highest BCUT2D eigenvalue weighted by atomic mass is 35.5. The number of aryl methyl sites for hydroxylation is 1. The van der Waals surface area contributed by atoms with Gasteiger partial charge in [0.15, 0.2) is 5.75 Å². The molecule has 2 rings (SSSR count). The van der Waals surface area contributed by atoms with Crippen LogP contribution in [0.1, 0.15) is 11.3 Å². The molecule has 2 aromatic rings. The third-order valence-electron chi connectivity index (χ3n) is 2.26. The highest BCUT2D eigenvalue weighted by molar-refractivity contribution is 6.31. The number of hydrogen-bond donors (Lipinski definition) is 1. The minimum atomic E-state index is 0.361. The molecule has 5 heteroatoms. The highest BCUT2D eigenvalue weighted by Crippen LogP contribution is 2.28. The fourth-order valence-corrected chi connectivity index (χ4v) is 1.56. The van der Waals surface area contributed by atoms with E-state index in [0.29, 0.717) is 23.2 Å². The number of rotatable bonds is 3. The van der Waals surface area contributed by atoms with E-state index < -0.39 is 0 Å². The molecule has 0 saturated heterocycles. The second kappa shape index (κ2) is 5.12. The van der Waals surface area contributed by atoms with E-state index in [4.69, 9.17) is 22.1 Å². The normalized spacial score (nSPS) is 10.3. The van der Waals surface area contributed by atoms with Crippen LogP contribution in [0.15, 0.2) is 30.6 Å². The summed E-state index contributed by atoms with van der Waals surface area (Å²) in [6.45, 7) is 2.26. The molecule has 4 nitrogen and oxygen atoms in total. The Morgan fingerprint density at radius 1 is 1.41 bits per heavy atom. The van der Waals surface area contributed by atoms with Gasteiger partial charge in [-0.3, -0.25) is 4.98 Å². The van der Waals surface area contributed by atoms with Gasteiger partial charge in [-0.25, -0.2) is 4.98 Å². The van der Waals surface area contributed by atoms with Gasteiger partial charge in [0.2, 0.25) is 5.88 Å². The van der Waals surface area contributed by atoms with Gasteiger partial charge in [0, 0.05) is 18.9 Å². The van der Waals surface area contributed by atoms with Crippen LogP contribution in [0.3, 0.4) is 0 Å². The summed E-state index contributed by atoms with van der Waals surface area (Å²) in [7, 11) is 0. The predicted octanol–water partition coefficient (Wildman–Crippen LogP) is 2.69. The lowest BCUT2D eigenvalue weighted by Gasteiger charge is -2.08. The second-order valence-electron chi connectivity index (χ2n) is 3.52. The maximum Gasteiger partial charge on any atom is 0.238 e. The molecule has 17 heavy (non-hydrogen) atoms. The lowest BCUT2D eigenvalue weighted by atomic mass is 10.3. The Labute approximate surface area is 104 Å². The van der Waals surface area contributed by atoms with Crippen LogP contribution in [0.5, 0.6) is 11.6 Å². The van der Waals surface area contributed by atoms with Crippen molar-refractivity contribution in [2.75, 3.05) is 0 Å². The molecule has 2 N–H and O–H groups in total. The number of nitrogens with two attached hydrogens (primary N) is 1. The van der Waals surface area contributed by atoms with Gasteiger partial charge < -0.3 is 10.5 Å². The zero-order chi connectivity index (χ0) is 12.3. The Morgan fingerprint density at radius 3 is 2.88 bits per heavy atom. The molecule has 0 aliphatic carbocycles. The van der Waals surface area contributed by atoms with E-state index in [0.717, 1.165) is 11.3 Å². The van der Waals surface area contributed by atoms with E-state index in [1.165, 1.54) is 0 Å². The molecular weight excluding hydrogens is 238 g/mol. The molecule has 0 fully saturated rings. The van der Waals surface area contributed by atoms with Crippen molar-refractivity contribution < 1.29 is 4.74 Å². The van der Waals surface area contributed by atoms with Gasteiger partial charge in [0.25, 0.3) is 0 Å². The summed E-state index contributed by atoms with van der Waals surface area (Å²) in [5, 5.41) is 0.441. The molecule has 0 bridgehead atoms. The van der Waals surface area contributed by atoms with Crippen LogP contribution in [0.4, 0.5) is 0 Å². The molecule has 0 unspecified atom stereocenters. The van der Waals surface area contributed by atoms with Crippen LogP contribution in [0.25, 0.3) is 0 Å². The number of aromatic nitrogens is 2. The number of nitrogens with zero attached hydrogens (tertiary/aromatic N) is 2. The van der Waals surface area contributed by atoms with Crippen LogP contribution in [-0.2, 0) is 6.54 Å². The molecule has 88 valence electrons. The SMILES string of the molecule is Cc1ncccc1Oc1ncc(CN)cc1Cl. The smallest absolute Gasteiger partial charge is 0.238 e. The number of ether oxygens (including phenoxy) is 1. The first-order valence-corrected chi connectivity index (χ1v) is 5.52. The van der Waals surface area contributed by atoms with Crippen LogP contribution in [0, 0.1) is 6.92 Å². The lowest BCUT2D eigenvalue weighted by Crippen LogP contribution is -1.98. The maximum absolute atomic E-state index is 6.05. The summed E-state index contributed by atoms with van der Waals surface area (Å²) in [5.74, 6) is 1.00. The Balaban J connectivity index is 2.28. The van der Waals surface area contributed by atoms with Crippen LogP contribution < -0.4 is 10.5 Å². The molecule has 2 heterocycles. The molecule has 0 atom stereocenters. The monoisotopic (exact) mass is 249 g/mol. The van der Waals surface area contributed by atoms with Gasteiger partial charge in [0.1, 0.15) is 5.02 Å². The van der Waals surface area contributed by atoms with Gasteiger partial charge in [-0.1, -0.05) is 11.6 Å². The topological polar surface area (TPSA) is 61.0 Å². The molecule has 0 aromatic carbocycles. The van der Waals surface area contributed by atoms with Crippen molar-refractivity contribution in [1.29, 1.82) is 0 Å². The average molecular weight is 250 g/mol. The summed E-state index contributed by atoms with van der Waals surface area (Å²) >= 11 is 6.05. The summed E-state index contributed by atoms with van der Waals surface area (Å²) < 4.78 is 5.59. The zero-order valence-electron chi connectivity index (χ0n) is 9.35. The highest BCUT2D eigenvalue weighted by Gasteiger charge is 2.07. The van der Waals surface area contributed by atoms with Gasteiger partial charge in [-0.15, -0.1) is 0 Å². The molecule has 0 aliphatic rings. The van der Waals surface area contributed by atoms with E-state index in [-0.39, 0.29) is 0 Å². The van der Waals surface area contributed by atoms with E-state index >= 15 is 0 Å². The van der Waals surface area contributed by atoms with E-state index in [1.807, 2.05) is 13.0 Å². The van der Waals surface area contributed by atoms with E-state index in [9.17, 15) is 0 Å². The fraction of sp³-hybridized carbons (Fsp3) is 0.167. The molecule has 0 saturated carbocycles. The number of halogens is 1. The Kier molecular flexibility index (Phi) is 3.56. The Hall–Kier alpha value is -1.65. The van der Waals surface area contributed by atoms with Gasteiger partial charge in [0.05, 0.1) is 5.69 Å². The summed E-state index contributed by atoms with van der Waals surface area (Å²) in [4.78, 5) is 8.25. The van der Waals surface area contributed by atoms with Gasteiger partial charge in [-0.2, -0.15) is 0 Å². The van der Waals surface area contributed by atoms with Crippen LogP contribution in [-0.4, -0.2) is 9.97 Å². The van der Waals surface area contributed by atoms with Gasteiger partial charge >= 0.3 is 0 Å². The molecule has 0 spiro atoms. The standard InChI is InChI=1S/C12H12ClN3O/c1-8-11(3-2-4-15-8)17-12-10(13)5-9(6-14)7-16-12/h2-5,7H,6,14H2,1H3. The third kappa shape index (κ3) is 2.72. The lowest BCUT2D eigenvalue weighted by molar-refractivity contribution is 0.456. The van der Waals surface area contributed by atoms with Crippen LogP contribution >= 0.6 is 11.6 Å². The van der Waals surface area contributed by atoms with Crippen molar-refractivity contribution in [1.82, 2.24) is 9.97 Å². The molecule has 0 amide bonds. The maximum atomic E-state index is 6.05. The molecule has 0 radical (unpaired) electrons. The third-order valence-corrected chi connectivity index (χ3v) is 2.54. The molecule has 0 aliphatic heterocycles. The zero-order valence-corrected chi connectivity index (χ0v) is 10.1.